The van der Waals surface area contributed by atoms with Crippen molar-refractivity contribution in [3.8, 4) is 5.75 Å². The Morgan fingerprint density at radius 1 is 1.14 bits per heavy atom. The van der Waals surface area contributed by atoms with Gasteiger partial charge in [0.05, 0.1) is 6.61 Å². The van der Waals surface area contributed by atoms with Crippen LogP contribution >= 0.6 is 0 Å². The molecule has 21 heavy (non-hydrogen) atoms. The first-order valence-corrected chi connectivity index (χ1v) is 8.79. The van der Waals surface area contributed by atoms with E-state index in [2.05, 4.69) is 44.3 Å². The lowest BCUT2D eigenvalue weighted by molar-refractivity contribution is 0.286. The molecule has 1 aliphatic heterocycles. The van der Waals surface area contributed by atoms with Gasteiger partial charge in [-0.15, -0.1) is 0 Å². The first-order valence-electron chi connectivity index (χ1n) is 8.79. The number of aryl methyl sites for hydroxylation is 1. The monoisotopic (exact) mass is 289 g/mol. The van der Waals surface area contributed by atoms with Gasteiger partial charge in [-0.1, -0.05) is 45.7 Å². The summed E-state index contributed by atoms with van der Waals surface area (Å²) >= 11 is 0. The van der Waals surface area contributed by atoms with Crippen LogP contribution in [0.15, 0.2) is 18.2 Å². The van der Waals surface area contributed by atoms with E-state index in [-0.39, 0.29) is 0 Å². The van der Waals surface area contributed by atoms with Crippen LogP contribution in [-0.4, -0.2) is 13.2 Å². The van der Waals surface area contributed by atoms with Crippen molar-refractivity contribution in [2.45, 2.75) is 65.3 Å². The van der Waals surface area contributed by atoms with Crippen molar-refractivity contribution in [3.05, 3.63) is 29.3 Å². The Bertz CT molecular complexity index is 424. The number of ether oxygens (including phenoxy) is 1. The van der Waals surface area contributed by atoms with Crippen LogP contribution in [0.3, 0.4) is 0 Å². The maximum Gasteiger partial charge on any atom is 0.122 e. The van der Waals surface area contributed by atoms with Crippen LogP contribution in [0.2, 0.25) is 0 Å². The van der Waals surface area contributed by atoms with E-state index in [9.17, 15) is 0 Å². The topological polar surface area (TPSA) is 21.3 Å². The molecule has 0 aliphatic carbocycles. The molecular formula is C19H31NO. The van der Waals surface area contributed by atoms with Crippen molar-refractivity contribution in [2.75, 3.05) is 13.2 Å². The third-order valence-electron chi connectivity index (χ3n) is 4.51. The lowest BCUT2D eigenvalue weighted by Gasteiger charge is -2.29. The van der Waals surface area contributed by atoms with Gasteiger partial charge in [0, 0.05) is 6.04 Å². The molecule has 0 aromatic heterocycles. The molecule has 1 aliphatic rings. The predicted molar refractivity (Wildman–Crippen MR) is 90.0 cm³/mol. The Hall–Kier alpha value is -1.02. The van der Waals surface area contributed by atoms with Gasteiger partial charge in [0.15, 0.2) is 0 Å². The summed E-state index contributed by atoms with van der Waals surface area (Å²) in [6, 6.07) is 7.33. The molecule has 0 saturated heterocycles. The van der Waals surface area contributed by atoms with Crippen LogP contribution < -0.4 is 10.1 Å². The van der Waals surface area contributed by atoms with E-state index in [1.807, 2.05) is 0 Å². The zero-order chi connectivity index (χ0) is 15.1. The van der Waals surface area contributed by atoms with Crippen LogP contribution in [0.25, 0.3) is 0 Å². The van der Waals surface area contributed by atoms with Gasteiger partial charge in [-0.05, 0) is 55.3 Å². The van der Waals surface area contributed by atoms with Crippen molar-refractivity contribution in [3.63, 3.8) is 0 Å². The first-order chi connectivity index (χ1) is 10.3. The lowest BCUT2D eigenvalue weighted by atomic mass is 9.85. The number of benzene rings is 1. The van der Waals surface area contributed by atoms with Crippen molar-refractivity contribution in [2.24, 2.45) is 5.92 Å². The van der Waals surface area contributed by atoms with E-state index in [1.165, 1.54) is 36.8 Å². The summed E-state index contributed by atoms with van der Waals surface area (Å²) in [5, 5.41) is 3.73. The fourth-order valence-electron chi connectivity index (χ4n) is 3.57. The molecule has 1 aromatic rings. The van der Waals surface area contributed by atoms with Crippen molar-refractivity contribution >= 4 is 0 Å². The first kappa shape index (κ1) is 16.4. The van der Waals surface area contributed by atoms with Gasteiger partial charge in [0.1, 0.15) is 5.75 Å². The Labute approximate surface area is 130 Å². The molecule has 0 amide bonds. The lowest BCUT2D eigenvalue weighted by Crippen LogP contribution is -2.28. The van der Waals surface area contributed by atoms with Crippen LogP contribution in [-0.2, 0) is 6.42 Å². The highest BCUT2D eigenvalue weighted by Gasteiger charge is 2.22. The highest BCUT2D eigenvalue weighted by Crippen LogP contribution is 2.33. The summed E-state index contributed by atoms with van der Waals surface area (Å²) in [7, 11) is 0. The molecule has 1 aromatic carbocycles. The molecule has 1 heterocycles. The van der Waals surface area contributed by atoms with Crippen molar-refractivity contribution in [1.29, 1.82) is 0 Å². The highest BCUT2D eigenvalue weighted by molar-refractivity contribution is 5.39. The predicted octanol–water partition coefficient (Wildman–Crippen LogP) is 4.88. The standard InChI is InChI=1S/C19H31NO/c1-4-8-15(9-5-2)19(20-6-3)17-11-12-18-16(14-17)10-7-13-21-18/h11-12,14-15,19-20H,4-10,13H2,1-3H3. The van der Waals surface area contributed by atoms with Gasteiger partial charge in [-0.2, -0.15) is 0 Å². The van der Waals surface area contributed by atoms with Gasteiger partial charge < -0.3 is 10.1 Å². The number of hydrogen-bond donors (Lipinski definition) is 1. The zero-order valence-electron chi connectivity index (χ0n) is 14.0. The Balaban J connectivity index is 2.23. The molecule has 2 nitrogen and oxygen atoms in total. The number of nitrogens with one attached hydrogen (secondary N) is 1. The molecule has 1 unspecified atom stereocenters. The molecule has 1 atom stereocenters. The molecule has 0 spiro atoms. The second-order valence-corrected chi connectivity index (χ2v) is 6.19. The van der Waals surface area contributed by atoms with Gasteiger partial charge in [0.2, 0.25) is 0 Å². The molecular weight excluding hydrogens is 258 g/mol. The smallest absolute Gasteiger partial charge is 0.122 e. The Morgan fingerprint density at radius 2 is 1.90 bits per heavy atom. The minimum Gasteiger partial charge on any atom is -0.493 e. The maximum absolute atomic E-state index is 5.75. The summed E-state index contributed by atoms with van der Waals surface area (Å²) in [6.45, 7) is 8.71. The molecule has 1 N–H and O–H groups in total. The fraction of sp³-hybridized carbons (Fsp3) is 0.684. The van der Waals surface area contributed by atoms with Crippen molar-refractivity contribution < 1.29 is 4.74 Å². The van der Waals surface area contributed by atoms with E-state index < -0.39 is 0 Å². The third kappa shape index (κ3) is 4.23. The van der Waals surface area contributed by atoms with Crippen LogP contribution in [0, 0.1) is 5.92 Å². The zero-order valence-corrected chi connectivity index (χ0v) is 14.0. The molecule has 0 fully saturated rings. The van der Waals surface area contributed by atoms with Gasteiger partial charge in [0.25, 0.3) is 0 Å². The second-order valence-electron chi connectivity index (χ2n) is 6.19. The Morgan fingerprint density at radius 3 is 2.57 bits per heavy atom. The molecule has 0 saturated carbocycles. The quantitative estimate of drug-likeness (QED) is 0.736. The van der Waals surface area contributed by atoms with Crippen LogP contribution in [0.1, 0.15) is 70.0 Å². The van der Waals surface area contributed by atoms with E-state index in [1.54, 1.807) is 0 Å². The average molecular weight is 289 g/mol. The average Bonchev–Trinajstić information content (AvgIpc) is 2.52. The summed E-state index contributed by atoms with van der Waals surface area (Å²) in [6.07, 6.45) is 7.45. The summed E-state index contributed by atoms with van der Waals surface area (Å²) in [5.74, 6) is 1.84. The molecule has 118 valence electrons. The van der Waals surface area contributed by atoms with E-state index in [0.717, 1.165) is 37.7 Å². The number of rotatable bonds is 8. The number of hydrogen-bond acceptors (Lipinski definition) is 2. The minimum absolute atomic E-state index is 0.488. The highest BCUT2D eigenvalue weighted by atomic mass is 16.5. The minimum atomic E-state index is 0.488. The fourth-order valence-corrected chi connectivity index (χ4v) is 3.57. The largest absolute Gasteiger partial charge is 0.493 e. The normalized spacial score (nSPS) is 15.6. The third-order valence-corrected chi connectivity index (χ3v) is 4.51. The van der Waals surface area contributed by atoms with E-state index in [0.29, 0.717) is 6.04 Å². The van der Waals surface area contributed by atoms with Gasteiger partial charge in [-0.25, -0.2) is 0 Å². The van der Waals surface area contributed by atoms with Gasteiger partial charge >= 0.3 is 0 Å². The SMILES string of the molecule is CCCC(CCC)C(NCC)c1ccc2c(c1)CCCO2. The summed E-state index contributed by atoms with van der Waals surface area (Å²) < 4.78 is 5.75. The van der Waals surface area contributed by atoms with Crippen LogP contribution in [0.4, 0.5) is 0 Å². The molecule has 2 heteroatoms. The van der Waals surface area contributed by atoms with E-state index in [4.69, 9.17) is 4.74 Å². The van der Waals surface area contributed by atoms with Crippen molar-refractivity contribution in [1.82, 2.24) is 5.32 Å². The number of fused-ring (bicyclic) bond motifs is 1. The molecule has 2 rings (SSSR count). The molecule has 0 bridgehead atoms. The summed E-state index contributed by atoms with van der Waals surface area (Å²) in [4.78, 5) is 0. The van der Waals surface area contributed by atoms with E-state index >= 15 is 0 Å². The maximum atomic E-state index is 5.75. The van der Waals surface area contributed by atoms with Gasteiger partial charge in [-0.3, -0.25) is 0 Å². The van der Waals surface area contributed by atoms with Crippen LogP contribution in [0.5, 0.6) is 5.75 Å². The summed E-state index contributed by atoms with van der Waals surface area (Å²) in [5.41, 5.74) is 2.85. The Kier molecular flexibility index (Phi) is 6.56. The second kappa shape index (κ2) is 8.43. The molecule has 0 radical (unpaired) electrons.